The van der Waals surface area contributed by atoms with Gasteiger partial charge in [0, 0.05) is 17.0 Å². The second kappa shape index (κ2) is 10.8. The first kappa shape index (κ1) is 21.9. The first-order valence-corrected chi connectivity index (χ1v) is 9.09. The number of hydrogen-bond donors (Lipinski definition) is 2. The Labute approximate surface area is 165 Å². The summed E-state index contributed by atoms with van der Waals surface area (Å²) in [5, 5.41) is 3.91. The van der Waals surface area contributed by atoms with E-state index in [0.29, 0.717) is 6.42 Å². The first-order valence-electron chi connectivity index (χ1n) is 8.15. The van der Waals surface area contributed by atoms with E-state index in [1.807, 2.05) is 29.0 Å². The normalized spacial score (nSPS) is 19.4. The lowest BCUT2D eigenvalue weighted by Crippen LogP contribution is -3.26. The summed E-state index contributed by atoms with van der Waals surface area (Å²) in [6, 6.07) is 10.2. The van der Waals surface area contributed by atoms with E-state index in [1.54, 1.807) is 18.4 Å². The molecule has 138 valence electrons. The van der Waals surface area contributed by atoms with Gasteiger partial charge in [-0.15, -0.1) is 0 Å². The Hall–Kier alpha value is -1.11. The zero-order valence-electron chi connectivity index (χ0n) is 14.3. The summed E-state index contributed by atoms with van der Waals surface area (Å²) in [4.78, 5) is 15.1. The maximum atomic E-state index is 12.1. The SMILES string of the molecule is COc1ccccc1[NH+]1CC[NH+](CCC(=O)c2ccsc2)CC1.[Cl-].[Cl-]. The van der Waals surface area contributed by atoms with Crippen molar-refractivity contribution in [2.75, 3.05) is 39.8 Å². The van der Waals surface area contributed by atoms with Gasteiger partial charge in [0.15, 0.2) is 17.2 Å². The van der Waals surface area contributed by atoms with Crippen molar-refractivity contribution in [3.63, 3.8) is 0 Å². The minimum atomic E-state index is 0. The molecular weight excluding hydrogens is 379 g/mol. The molecule has 1 aromatic carbocycles. The standard InChI is InChI=1S/C18H22N2O2S.2ClH/c1-22-18-5-3-2-4-16(18)20-11-9-19(10-12-20)8-6-17(21)15-7-13-23-14-15;;/h2-5,7,13-14H,6,8-12H2,1H3;2*1H. The van der Waals surface area contributed by atoms with Crippen LogP contribution in [0.4, 0.5) is 5.69 Å². The minimum absolute atomic E-state index is 0. The smallest absolute Gasteiger partial charge is 0.179 e. The molecular formula is C18H24Cl2N2O2S. The molecule has 0 bridgehead atoms. The maximum Gasteiger partial charge on any atom is 0.179 e. The number of carbonyl (C=O) groups is 1. The topological polar surface area (TPSA) is 35.2 Å². The van der Waals surface area contributed by atoms with Crippen molar-refractivity contribution in [2.24, 2.45) is 0 Å². The fraction of sp³-hybridized carbons (Fsp3) is 0.389. The number of nitrogens with one attached hydrogen (secondary N) is 2. The highest BCUT2D eigenvalue weighted by atomic mass is 35.5. The highest BCUT2D eigenvalue weighted by Crippen LogP contribution is 2.18. The van der Waals surface area contributed by atoms with Crippen molar-refractivity contribution in [1.29, 1.82) is 0 Å². The van der Waals surface area contributed by atoms with Gasteiger partial charge in [-0.25, -0.2) is 0 Å². The largest absolute Gasteiger partial charge is 1.00 e. The van der Waals surface area contributed by atoms with Gasteiger partial charge in [0.25, 0.3) is 0 Å². The quantitative estimate of drug-likeness (QED) is 0.472. The van der Waals surface area contributed by atoms with Crippen molar-refractivity contribution < 1.29 is 44.1 Å². The average molecular weight is 403 g/mol. The molecule has 0 aliphatic carbocycles. The number of rotatable bonds is 6. The molecule has 0 atom stereocenters. The van der Waals surface area contributed by atoms with Crippen molar-refractivity contribution in [3.05, 3.63) is 46.7 Å². The second-order valence-corrected chi connectivity index (χ2v) is 6.77. The maximum absolute atomic E-state index is 12.1. The van der Waals surface area contributed by atoms with Gasteiger partial charge in [-0.1, -0.05) is 12.1 Å². The van der Waals surface area contributed by atoms with E-state index < -0.39 is 0 Å². The summed E-state index contributed by atoms with van der Waals surface area (Å²) in [5.74, 6) is 1.25. The summed E-state index contributed by atoms with van der Waals surface area (Å²) < 4.78 is 5.47. The molecule has 2 aromatic rings. The van der Waals surface area contributed by atoms with Crippen LogP contribution >= 0.6 is 11.3 Å². The van der Waals surface area contributed by atoms with Crippen LogP contribution in [0, 0.1) is 0 Å². The van der Waals surface area contributed by atoms with Gasteiger partial charge in [0.2, 0.25) is 0 Å². The molecule has 0 spiro atoms. The minimum Gasteiger partial charge on any atom is -1.00 e. The summed E-state index contributed by atoms with van der Waals surface area (Å²) in [6.45, 7) is 5.31. The van der Waals surface area contributed by atoms with E-state index >= 15 is 0 Å². The predicted molar refractivity (Wildman–Crippen MR) is 92.2 cm³/mol. The van der Waals surface area contributed by atoms with E-state index in [0.717, 1.165) is 44.0 Å². The molecule has 1 aliphatic rings. The molecule has 0 amide bonds. The van der Waals surface area contributed by atoms with E-state index in [4.69, 9.17) is 4.74 Å². The lowest BCUT2D eigenvalue weighted by Gasteiger charge is -2.29. The van der Waals surface area contributed by atoms with Crippen LogP contribution in [0.5, 0.6) is 5.75 Å². The van der Waals surface area contributed by atoms with Gasteiger partial charge in [-0.3, -0.25) is 9.69 Å². The molecule has 0 saturated carbocycles. The van der Waals surface area contributed by atoms with E-state index in [-0.39, 0.29) is 30.6 Å². The monoisotopic (exact) mass is 402 g/mol. The van der Waals surface area contributed by atoms with Crippen LogP contribution in [-0.2, 0) is 0 Å². The van der Waals surface area contributed by atoms with Crippen LogP contribution in [0.15, 0.2) is 41.1 Å². The average Bonchev–Trinajstić information content (AvgIpc) is 3.15. The third-order valence-electron chi connectivity index (χ3n) is 4.60. The Bertz CT molecular complexity index is 644. The Morgan fingerprint density at radius 3 is 2.48 bits per heavy atom. The number of piperazine rings is 1. The summed E-state index contributed by atoms with van der Waals surface area (Å²) in [7, 11) is 1.73. The highest BCUT2D eigenvalue weighted by molar-refractivity contribution is 7.08. The number of thiophene rings is 1. The molecule has 25 heavy (non-hydrogen) atoms. The Morgan fingerprint density at radius 2 is 1.84 bits per heavy atom. The molecule has 0 unspecified atom stereocenters. The van der Waals surface area contributed by atoms with Crippen LogP contribution < -0.4 is 39.4 Å². The van der Waals surface area contributed by atoms with Gasteiger partial charge in [-0.05, 0) is 17.5 Å². The number of para-hydroxylation sites is 2. The fourth-order valence-electron chi connectivity index (χ4n) is 3.22. The number of quaternary nitrogens is 2. The lowest BCUT2D eigenvalue weighted by atomic mass is 10.1. The number of Topliss-reactive ketones (excluding diaryl/α,β-unsaturated/α-hetero) is 1. The molecule has 4 nitrogen and oxygen atoms in total. The number of ketones is 1. The van der Waals surface area contributed by atoms with E-state index in [9.17, 15) is 4.79 Å². The van der Waals surface area contributed by atoms with Gasteiger partial charge in [-0.2, -0.15) is 11.3 Å². The number of halogens is 2. The summed E-state index contributed by atoms with van der Waals surface area (Å²) in [6.07, 6.45) is 0.649. The molecule has 2 N–H and O–H groups in total. The van der Waals surface area contributed by atoms with Gasteiger partial charge in [0.05, 0.1) is 20.1 Å². The Kier molecular flexibility index (Phi) is 9.46. The lowest BCUT2D eigenvalue weighted by molar-refractivity contribution is -0.986. The predicted octanol–water partition coefficient (Wildman–Crippen LogP) is -5.55. The van der Waals surface area contributed by atoms with E-state index in [1.165, 1.54) is 15.5 Å². The highest BCUT2D eigenvalue weighted by Gasteiger charge is 2.26. The van der Waals surface area contributed by atoms with Crippen molar-refractivity contribution >= 4 is 22.8 Å². The zero-order valence-corrected chi connectivity index (χ0v) is 16.6. The summed E-state index contributed by atoms with van der Waals surface area (Å²) in [5.41, 5.74) is 2.12. The third kappa shape index (κ3) is 5.69. The number of carbonyl (C=O) groups excluding carboxylic acids is 1. The number of ether oxygens (including phenoxy) is 1. The van der Waals surface area contributed by atoms with Crippen molar-refractivity contribution in [1.82, 2.24) is 0 Å². The Morgan fingerprint density at radius 1 is 1.12 bits per heavy atom. The molecule has 7 heteroatoms. The van der Waals surface area contributed by atoms with Crippen molar-refractivity contribution in [2.45, 2.75) is 6.42 Å². The molecule has 0 radical (unpaired) electrons. The Balaban J connectivity index is 0.00000156. The van der Waals surface area contributed by atoms with Gasteiger partial charge < -0.3 is 34.5 Å². The number of hydrogen-bond acceptors (Lipinski definition) is 3. The van der Waals surface area contributed by atoms with Crippen LogP contribution in [0.25, 0.3) is 0 Å². The molecule has 2 heterocycles. The number of methoxy groups -OCH3 is 1. The van der Waals surface area contributed by atoms with Crippen molar-refractivity contribution in [3.8, 4) is 5.75 Å². The summed E-state index contributed by atoms with van der Waals surface area (Å²) >= 11 is 1.59. The zero-order chi connectivity index (χ0) is 16.1. The van der Waals surface area contributed by atoms with Crippen LogP contribution in [0.3, 0.4) is 0 Å². The number of benzene rings is 1. The molecule has 1 aromatic heterocycles. The fourth-order valence-corrected chi connectivity index (χ4v) is 3.88. The first-order chi connectivity index (χ1) is 11.3. The molecule has 1 fully saturated rings. The third-order valence-corrected chi connectivity index (χ3v) is 5.28. The molecule has 3 rings (SSSR count). The van der Waals surface area contributed by atoms with E-state index in [2.05, 4.69) is 12.1 Å². The molecule has 1 aliphatic heterocycles. The van der Waals surface area contributed by atoms with Crippen LogP contribution in [0.1, 0.15) is 16.8 Å². The molecule has 1 saturated heterocycles. The van der Waals surface area contributed by atoms with Crippen LogP contribution in [-0.4, -0.2) is 45.6 Å². The second-order valence-electron chi connectivity index (χ2n) is 5.99. The van der Waals surface area contributed by atoms with Crippen LogP contribution in [0.2, 0.25) is 0 Å². The van der Waals surface area contributed by atoms with Gasteiger partial charge >= 0.3 is 0 Å². The van der Waals surface area contributed by atoms with Gasteiger partial charge in [0.1, 0.15) is 26.2 Å².